The summed E-state index contributed by atoms with van der Waals surface area (Å²) in [6.07, 6.45) is 1.63. The Hall–Kier alpha value is -2.34. The molecule has 2 heterocycles. The molecule has 0 aliphatic carbocycles. The summed E-state index contributed by atoms with van der Waals surface area (Å²) in [4.78, 5) is 9.57. The van der Waals surface area contributed by atoms with E-state index in [0.717, 1.165) is 50.9 Å². The van der Waals surface area contributed by atoms with Gasteiger partial charge in [-0.1, -0.05) is 35.0 Å². The highest BCUT2D eigenvalue weighted by Gasteiger charge is 2.20. The molecule has 1 aromatic heterocycles. The number of benzene rings is 1. The van der Waals surface area contributed by atoms with Crippen LogP contribution in [0.2, 0.25) is 0 Å². The van der Waals surface area contributed by atoms with E-state index in [2.05, 4.69) is 58.4 Å². The molecule has 0 bridgehead atoms. The first kappa shape index (κ1) is 17.5. The Labute approximate surface area is 149 Å². The minimum Gasteiger partial charge on any atom is -0.364 e. The number of aryl methyl sites for hydroxylation is 1. The fourth-order valence-electron chi connectivity index (χ4n) is 2.95. The molecule has 1 saturated heterocycles. The van der Waals surface area contributed by atoms with Crippen LogP contribution in [0.5, 0.6) is 0 Å². The monoisotopic (exact) mass is 341 g/mol. The fourth-order valence-corrected chi connectivity index (χ4v) is 2.95. The van der Waals surface area contributed by atoms with E-state index >= 15 is 0 Å². The molecule has 1 aliphatic heterocycles. The van der Waals surface area contributed by atoms with Crippen LogP contribution in [0.15, 0.2) is 46.1 Å². The maximum absolute atomic E-state index is 4.91. The summed E-state index contributed by atoms with van der Waals surface area (Å²) in [5.74, 6) is 1.00. The number of rotatable bonds is 5. The van der Waals surface area contributed by atoms with E-state index in [9.17, 15) is 0 Å². The van der Waals surface area contributed by atoms with Gasteiger partial charge in [-0.15, -0.1) is 0 Å². The Morgan fingerprint density at radius 1 is 1.16 bits per heavy atom. The molecule has 0 unspecified atom stereocenters. The molecular formula is C19H27N5O. The molecule has 6 heteroatoms. The lowest BCUT2D eigenvalue weighted by molar-refractivity contribution is 0.169. The van der Waals surface area contributed by atoms with Crippen molar-refractivity contribution in [3.63, 3.8) is 0 Å². The first-order valence-corrected chi connectivity index (χ1v) is 8.95. The zero-order chi connectivity index (χ0) is 17.5. The lowest BCUT2D eigenvalue weighted by Crippen LogP contribution is -2.52. The number of guanidine groups is 1. The minimum atomic E-state index is 0.710. The maximum atomic E-state index is 4.91. The van der Waals surface area contributed by atoms with E-state index in [0.29, 0.717) is 6.54 Å². The number of hydrogen-bond acceptors (Lipinski definition) is 4. The first-order chi connectivity index (χ1) is 12.2. The van der Waals surface area contributed by atoms with Gasteiger partial charge in [0.25, 0.3) is 0 Å². The van der Waals surface area contributed by atoms with E-state index < -0.39 is 0 Å². The molecule has 6 nitrogen and oxygen atoms in total. The number of hydrogen-bond donors (Lipinski definition) is 1. The van der Waals surface area contributed by atoms with Crippen molar-refractivity contribution in [1.82, 2.24) is 20.3 Å². The Bertz CT molecular complexity index is 658. The first-order valence-electron chi connectivity index (χ1n) is 8.95. The maximum Gasteiger partial charge on any atom is 0.194 e. The summed E-state index contributed by atoms with van der Waals surface area (Å²) in [6, 6.07) is 10.5. The second-order valence-corrected chi connectivity index (χ2v) is 6.41. The molecule has 1 aliphatic rings. The normalized spacial score (nSPS) is 16.2. The van der Waals surface area contributed by atoms with E-state index in [1.54, 1.807) is 6.26 Å². The van der Waals surface area contributed by atoms with Gasteiger partial charge in [0.05, 0.1) is 12.2 Å². The summed E-state index contributed by atoms with van der Waals surface area (Å²) in [7, 11) is 0. The van der Waals surface area contributed by atoms with Crippen molar-refractivity contribution in [3.05, 3.63) is 53.4 Å². The van der Waals surface area contributed by atoms with Gasteiger partial charge in [-0.2, -0.15) is 0 Å². The third-order valence-electron chi connectivity index (χ3n) is 4.42. The predicted molar refractivity (Wildman–Crippen MR) is 99.3 cm³/mol. The Balaban J connectivity index is 1.55. The summed E-state index contributed by atoms with van der Waals surface area (Å²) in [6.45, 7) is 10.6. The van der Waals surface area contributed by atoms with Crippen molar-refractivity contribution in [1.29, 1.82) is 0 Å². The number of nitrogens with one attached hydrogen (secondary N) is 1. The third-order valence-corrected chi connectivity index (χ3v) is 4.42. The van der Waals surface area contributed by atoms with Crippen molar-refractivity contribution < 1.29 is 4.52 Å². The van der Waals surface area contributed by atoms with Gasteiger partial charge in [0.2, 0.25) is 0 Å². The molecule has 2 aromatic rings. The molecule has 0 atom stereocenters. The van der Waals surface area contributed by atoms with Gasteiger partial charge in [0.15, 0.2) is 5.96 Å². The lowest BCUT2D eigenvalue weighted by atomic mass is 10.1. The van der Waals surface area contributed by atoms with Crippen molar-refractivity contribution in [2.45, 2.75) is 26.9 Å². The smallest absolute Gasteiger partial charge is 0.194 e. The van der Waals surface area contributed by atoms with Crippen molar-refractivity contribution in [2.24, 2.45) is 4.99 Å². The van der Waals surface area contributed by atoms with Crippen LogP contribution >= 0.6 is 0 Å². The van der Waals surface area contributed by atoms with E-state index in [-0.39, 0.29) is 0 Å². The second-order valence-electron chi connectivity index (χ2n) is 6.41. The highest BCUT2D eigenvalue weighted by Crippen LogP contribution is 2.09. The third kappa shape index (κ3) is 5.06. The minimum absolute atomic E-state index is 0.710. The Morgan fingerprint density at radius 2 is 1.92 bits per heavy atom. The van der Waals surface area contributed by atoms with Crippen LogP contribution in [0.25, 0.3) is 0 Å². The Kier molecular flexibility index (Phi) is 6.06. The van der Waals surface area contributed by atoms with E-state index in [1.165, 1.54) is 11.1 Å². The number of aromatic nitrogens is 1. The molecular weight excluding hydrogens is 314 g/mol. The van der Waals surface area contributed by atoms with Gasteiger partial charge in [-0.25, -0.2) is 4.99 Å². The average Bonchev–Trinajstić information content (AvgIpc) is 3.14. The number of nitrogens with zero attached hydrogens (tertiary/aromatic N) is 4. The van der Waals surface area contributed by atoms with Crippen LogP contribution in [0.3, 0.4) is 0 Å². The van der Waals surface area contributed by atoms with E-state index in [4.69, 9.17) is 9.52 Å². The van der Waals surface area contributed by atoms with E-state index in [1.807, 2.05) is 6.07 Å². The van der Waals surface area contributed by atoms with Gasteiger partial charge >= 0.3 is 0 Å². The zero-order valence-corrected chi connectivity index (χ0v) is 15.1. The summed E-state index contributed by atoms with van der Waals surface area (Å²) < 4.78 is 4.91. The van der Waals surface area contributed by atoms with Gasteiger partial charge in [-0.3, -0.25) is 4.90 Å². The zero-order valence-electron chi connectivity index (χ0n) is 15.1. The van der Waals surface area contributed by atoms with Gasteiger partial charge < -0.3 is 14.7 Å². The highest BCUT2D eigenvalue weighted by molar-refractivity contribution is 5.80. The molecule has 3 rings (SSSR count). The number of piperazine rings is 1. The van der Waals surface area contributed by atoms with Crippen LogP contribution < -0.4 is 5.32 Å². The highest BCUT2D eigenvalue weighted by atomic mass is 16.5. The molecule has 1 aromatic carbocycles. The molecule has 1 fully saturated rings. The SMILES string of the molecule is CCNC(=NCc1ccc(C)cc1)N1CCN(Cc2ccon2)CC1. The molecule has 0 saturated carbocycles. The quantitative estimate of drug-likeness (QED) is 0.668. The summed E-state index contributed by atoms with van der Waals surface area (Å²) in [5, 5.41) is 7.42. The Morgan fingerprint density at radius 3 is 2.56 bits per heavy atom. The van der Waals surface area contributed by atoms with Crippen molar-refractivity contribution in [3.8, 4) is 0 Å². The molecule has 0 radical (unpaired) electrons. The van der Waals surface area contributed by atoms with Crippen molar-refractivity contribution >= 4 is 5.96 Å². The average molecular weight is 341 g/mol. The van der Waals surface area contributed by atoms with Crippen molar-refractivity contribution in [2.75, 3.05) is 32.7 Å². The fraction of sp³-hybridized carbons (Fsp3) is 0.474. The molecule has 134 valence electrons. The molecule has 25 heavy (non-hydrogen) atoms. The largest absolute Gasteiger partial charge is 0.364 e. The lowest BCUT2D eigenvalue weighted by Gasteiger charge is -2.36. The molecule has 0 amide bonds. The van der Waals surface area contributed by atoms with Crippen LogP contribution in [-0.4, -0.2) is 53.6 Å². The molecule has 1 N–H and O–H groups in total. The summed E-state index contributed by atoms with van der Waals surface area (Å²) in [5.41, 5.74) is 3.52. The molecule has 0 spiro atoms. The van der Waals surface area contributed by atoms with Crippen LogP contribution in [0.4, 0.5) is 0 Å². The topological polar surface area (TPSA) is 56.9 Å². The standard InChI is InChI=1S/C19H27N5O/c1-3-20-19(21-14-17-6-4-16(2)5-7-17)24-11-9-23(10-12-24)15-18-8-13-25-22-18/h4-8,13H,3,9-12,14-15H2,1-2H3,(H,20,21). The second kappa shape index (κ2) is 8.67. The van der Waals surface area contributed by atoms with Crippen LogP contribution in [0, 0.1) is 6.92 Å². The van der Waals surface area contributed by atoms with Gasteiger partial charge in [0, 0.05) is 45.3 Å². The van der Waals surface area contributed by atoms with Crippen LogP contribution in [0.1, 0.15) is 23.7 Å². The summed E-state index contributed by atoms with van der Waals surface area (Å²) >= 11 is 0. The predicted octanol–water partition coefficient (Wildman–Crippen LogP) is 2.27. The van der Waals surface area contributed by atoms with Gasteiger partial charge in [-0.05, 0) is 19.4 Å². The van der Waals surface area contributed by atoms with Gasteiger partial charge in [0.1, 0.15) is 6.26 Å². The van der Waals surface area contributed by atoms with Crippen LogP contribution in [-0.2, 0) is 13.1 Å². The number of aliphatic imine (C=N–C) groups is 1.